The average molecular weight is 258 g/mol. The van der Waals surface area contributed by atoms with Crippen molar-refractivity contribution in [3.8, 4) is 11.3 Å². The van der Waals surface area contributed by atoms with Gasteiger partial charge in [0, 0.05) is 22.5 Å². The highest BCUT2D eigenvalue weighted by atomic mass is 32.1. The second kappa shape index (κ2) is 5.11. The molecule has 1 aromatic heterocycles. The van der Waals surface area contributed by atoms with E-state index in [0.29, 0.717) is 5.92 Å². The van der Waals surface area contributed by atoms with Crippen LogP contribution < -0.4 is 5.73 Å². The van der Waals surface area contributed by atoms with E-state index in [4.69, 9.17) is 10.7 Å². The van der Waals surface area contributed by atoms with Gasteiger partial charge in [0.05, 0.1) is 10.7 Å². The Morgan fingerprint density at radius 1 is 1.11 bits per heavy atom. The number of hydrogen-bond donors (Lipinski definition) is 1. The van der Waals surface area contributed by atoms with E-state index in [2.05, 4.69) is 11.4 Å². The summed E-state index contributed by atoms with van der Waals surface area (Å²) in [6.07, 6.45) is 6.70. The molecule has 0 atom stereocenters. The van der Waals surface area contributed by atoms with Gasteiger partial charge in [0.2, 0.25) is 0 Å². The third-order valence-corrected chi connectivity index (χ3v) is 4.72. The van der Waals surface area contributed by atoms with Gasteiger partial charge in [-0.15, -0.1) is 11.3 Å². The van der Waals surface area contributed by atoms with E-state index in [0.717, 1.165) is 16.9 Å². The monoisotopic (exact) mass is 258 g/mol. The van der Waals surface area contributed by atoms with E-state index in [1.54, 1.807) is 11.3 Å². The van der Waals surface area contributed by atoms with Gasteiger partial charge < -0.3 is 5.73 Å². The van der Waals surface area contributed by atoms with Gasteiger partial charge in [-0.2, -0.15) is 0 Å². The van der Waals surface area contributed by atoms with Gasteiger partial charge in [-0.25, -0.2) is 4.98 Å². The van der Waals surface area contributed by atoms with E-state index < -0.39 is 0 Å². The van der Waals surface area contributed by atoms with Gasteiger partial charge in [-0.1, -0.05) is 37.5 Å². The maximum Gasteiger partial charge on any atom is 0.0963 e. The van der Waals surface area contributed by atoms with Gasteiger partial charge >= 0.3 is 0 Å². The van der Waals surface area contributed by atoms with Gasteiger partial charge in [0.1, 0.15) is 0 Å². The van der Waals surface area contributed by atoms with Crippen LogP contribution in [0.25, 0.3) is 11.3 Å². The minimum Gasteiger partial charge on any atom is -0.398 e. The number of rotatable bonds is 2. The zero-order valence-corrected chi connectivity index (χ0v) is 11.2. The first-order valence-electron chi connectivity index (χ1n) is 6.65. The van der Waals surface area contributed by atoms with Crippen LogP contribution in [0.2, 0.25) is 0 Å². The minimum absolute atomic E-state index is 0.683. The van der Waals surface area contributed by atoms with Crippen molar-refractivity contribution in [2.24, 2.45) is 0 Å². The topological polar surface area (TPSA) is 38.9 Å². The molecular formula is C15H18N2S. The number of benzene rings is 1. The van der Waals surface area contributed by atoms with Crippen LogP contribution in [0, 0.1) is 0 Å². The molecule has 2 aromatic rings. The normalized spacial score (nSPS) is 16.9. The van der Waals surface area contributed by atoms with Crippen molar-refractivity contribution >= 4 is 17.0 Å². The quantitative estimate of drug-likeness (QED) is 0.809. The van der Waals surface area contributed by atoms with Gasteiger partial charge in [0.15, 0.2) is 0 Å². The van der Waals surface area contributed by atoms with Crippen LogP contribution in [0.1, 0.15) is 43.0 Å². The number of hydrogen-bond acceptors (Lipinski definition) is 3. The highest BCUT2D eigenvalue weighted by Crippen LogP contribution is 2.36. The van der Waals surface area contributed by atoms with Crippen LogP contribution in [0.4, 0.5) is 5.69 Å². The van der Waals surface area contributed by atoms with Crippen molar-refractivity contribution in [1.82, 2.24) is 4.98 Å². The third kappa shape index (κ3) is 2.27. The third-order valence-electron chi connectivity index (χ3n) is 3.71. The molecule has 0 aliphatic heterocycles. The first-order valence-corrected chi connectivity index (χ1v) is 7.53. The molecule has 1 heterocycles. The molecule has 94 valence electrons. The van der Waals surface area contributed by atoms with Crippen LogP contribution in [0.3, 0.4) is 0 Å². The molecule has 0 amide bonds. The predicted molar refractivity (Wildman–Crippen MR) is 77.8 cm³/mol. The molecule has 2 nitrogen and oxygen atoms in total. The first kappa shape index (κ1) is 11.7. The Kier molecular flexibility index (Phi) is 3.33. The van der Waals surface area contributed by atoms with E-state index in [1.807, 2.05) is 18.2 Å². The number of nitrogens with two attached hydrogens (primary N) is 1. The fraction of sp³-hybridized carbons (Fsp3) is 0.400. The Hall–Kier alpha value is -1.35. The molecule has 18 heavy (non-hydrogen) atoms. The molecule has 0 saturated heterocycles. The Morgan fingerprint density at radius 2 is 1.89 bits per heavy atom. The summed E-state index contributed by atoms with van der Waals surface area (Å²) in [4.78, 5) is 4.80. The molecule has 1 fully saturated rings. The Bertz CT molecular complexity index is 527. The lowest BCUT2D eigenvalue weighted by molar-refractivity contribution is 0.442. The number of anilines is 1. The number of thiazole rings is 1. The van der Waals surface area contributed by atoms with Crippen molar-refractivity contribution in [1.29, 1.82) is 0 Å². The van der Waals surface area contributed by atoms with E-state index in [9.17, 15) is 0 Å². The largest absolute Gasteiger partial charge is 0.398 e. The molecule has 0 radical (unpaired) electrons. The molecule has 1 saturated carbocycles. The predicted octanol–water partition coefficient (Wildman–Crippen LogP) is 4.44. The van der Waals surface area contributed by atoms with Crippen LogP contribution >= 0.6 is 11.3 Å². The van der Waals surface area contributed by atoms with E-state index in [-0.39, 0.29) is 0 Å². The number of nitrogens with zero attached hydrogens (tertiary/aromatic N) is 1. The molecule has 3 heteroatoms. The second-order valence-corrected chi connectivity index (χ2v) is 5.88. The molecule has 0 unspecified atom stereocenters. The fourth-order valence-corrected chi connectivity index (χ4v) is 3.67. The summed E-state index contributed by atoms with van der Waals surface area (Å²) in [5.41, 5.74) is 8.93. The second-order valence-electron chi connectivity index (χ2n) is 4.99. The smallest absolute Gasteiger partial charge is 0.0963 e. The summed E-state index contributed by atoms with van der Waals surface area (Å²) in [6, 6.07) is 7.97. The lowest BCUT2D eigenvalue weighted by Gasteiger charge is -2.18. The highest BCUT2D eigenvalue weighted by Gasteiger charge is 2.19. The molecule has 1 aliphatic rings. The SMILES string of the molecule is Nc1ccccc1-c1csc(C2CCCCC2)n1. The Labute approximate surface area is 112 Å². The molecular weight excluding hydrogens is 240 g/mol. The van der Waals surface area contributed by atoms with Crippen LogP contribution in [-0.4, -0.2) is 4.98 Å². The van der Waals surface area contributed by atoms with Crippen molar-refractivity contribution < 1.29 is 0 Å². The summed E-state index contributed by atoms with van der Waals surface area (Å²) < 4.78 is 0. The van der Waals surface area contributed by atoms with Crippen molar-refractivity contribution in [3.05, 3.63) is 34.7 Å². The number of aromatic nitrogens is 1. The lowest BCUT2D eigenvalue weighted by atomic mass is 9.90. The van der Waals surface area contributed by atoms with Gasteiger partial charge in [0.25, 0.3) is 0 Å². The summed E-state index contributed by atoms with van der Waals surface area (Å²) >= 11 is 1.79. The van der Waals surface area contributed by atoms with Crippen LogP contribution in [0.5, 0.6) is 0 Å². The maximum absolute atomic E-state index is 6.00. The zero-order chi connectivity index (χ0) is 12.4. The van der Waals surface area contributed by atoms with Crippen molar-refractivity contribution in [2.75, 3.05) is 5.73 Å². The zero-order valence-electron chi connectivity index (χ0n) is 10.4. The van der Waals surface area contributed by atoms with Crippen LogP contribution in [0.15, 0.2) is 29.6 Å². The molecule has 1 aliphatic carbocycles. The Morgan fingerprint density at radius 3 is 2.67 bits per heavy atom. The minimum atomic E-state index is 0.683. The molecule has 0 bridgehead atoms. The fourth-order valence-electron chi connectivity index (χ4n) is 2.68. The van der Waals surface area contributed by atoms with Gasteiger partial charge in [-0.3, -0.25) is 0 Å². The van der Waals surface area contributed by atoms with E-state index in [1.165, 1.54) is 37.1 Å². The average Bonchev–Trinajstić information content (AvgIpc) is 2.90. The summed E-state index contributed by atoms with van der Waals surface area (Å²) in [7, 11) is 0. The molecule has 3 rings (SSSR count). The van der Waals surface area contributed by atoms with Crippen molar-refractivity contribution in [3.63, 3.8) is 0 Å². The molecule has 0 spiro atoms. The van der Waals surface area contributed by atoms with E-state index >= 15 is 0 Å². The summed E-state index contributed by atoms with van der Waals surface area (Å²) in [6.45, 7) is 0. The van der Waals surface area contributed by atoms with Crippen molar-refractivity contribution in [2.45, 2.75) is 38.0 Å². The lowest BCUT2D eigenvalue weighted by Crippen LogP contribution is -2.03. The summed E-state index contributed by atoms with van der Waals surface area (Å²) in [5.74, 6) is 0.683. The molecule has 1 aromatic carbocycles. The maximum atomic E-state index is 6.00. The Balaban J connectivity index is 1.87. The summed E-state index contributed by atoms with van der Waals surface area (Å²) in [5, 5.41) is 3.45. The number of nitrogen functional groups attached to an aromatic ring is 1. The van der Waals surface area contributed by atoms with Crippen LogP contribution in [-0.2, 0) is 0 Å². The van der Waals surface area contributed by atoms with Gasteiger partial charge in [-0.05, 0) is 18.9 Å². The first-order chi connectivity index (χ1) is 8.84. The highest BCUT2D eigenvalue weighted by molar-refractivity contribution is 7.10. The molecule has 2 N–H and O–H groups in total. The standard InChI is InChI=1S/C15H18N2S/c16-13-9-5-4-8-12(13)14-10-18-15(17-14)11-6-2-1-3-7-11/h4-5,8-11H,1-3,6-7,16H2. The number of para-hydroxylation sites is 1.